The number of carbonyl (C=O) groups is 1. The smallest absolute Gasteiger partial charge is 0.252 e. The number of fused-ring (bicyclic) bond motifs is 1. The lowest BCUT2D eigenvalue weighted by atomic mass is 10.1. The van der Waals surface area contributed by atoms with Crippen LogP contribution in [0.15, 0.2) is 48.8 Å². The number of para-hydroxylation sites is 1. The monoisotopic (exact) mass is 198 g/mol. The van der Waals surface area contributed by atoms with Gasteiger partial charge >= 0.3 is 0 Å². The van der Waals surface area contributed by atoms with Gasteiger partial charge in [-0.1, -0.05) is 18.2 Å². The molecular formula is C12H10N2O. The van der Waals surface area contributed by atoms with Crippen molar-refractivity contribution in [2.75, 3.05) is 5.32 Å². The Morgan fingerprint density at radius 2 is 1.80 bits per heavy atom. The molecular weight excluding hydrogens is 188 g/mol. The van der Waals surface area contributed by atoms with Crippen molar-refractivity contribution in [2.45, 2.75) is 6.04 Å². The van der Waals surface area contributed by atoms with Crippen molar-refractivity contribution in [3.63, 3.8) is 0 Å². The summed E-state index contributed by atoms with van der Waals surface area (Å²) >= 11 is 0. The van der Waals surface area contributed by atoms with Crippen LogP contribution in [0.3, 0.4) is 0 Å². The van der Waals surface area contributed by atoms with Gasteiger partial charge in [-0.15, -0.1) is 0 Å². The average Bonchev–Trinajstić information content (AvgIpc) is 2.82. The first-order valence-electron chi connectivity index (χ1n) is 4.88. The van der Waals surface area contributed by atoms with Gasteiger partial charge in [-0.05, 0) is 18.2 Å². The van der Waals surface area contributed by atoms with Crippen LogP contribution in [-0.2, 0) is 4.79 Å². The predicted molar refractivity (Wildman–Crippen MR) is 57.6 cm³/mol. The third-order valence-electron chi connectivity index (χ3n) is 2.69. The molecule has 2 aromatic rings. The topological polar surface area (TPSA) is 34.0 Å². The zero-order valence-electron chi connectivity index (χ0n) is 8.05. The summed E-state index contributed by atoms with van der Waals surface area (Å²) in [5, 5.41) is 2.88. The van der Waals surface area contributed by atoms with E-state index >= 15 is 0 Å². The van der Waals surface area contributed by atoms with Gasteiger partial charge in [-0.25, -0.2) is 0 Å². The minimum Gasteiger partial charge on any atom is -0.338 e. The molecule has 1 unspecified atom stereocenters. The molecule has 1 amide bonds. The fraction of sp³-hybridized carbons (Fsp3) is 0.0833. The van der Waals surface area contributed by atoms with Crippen LogP contribution >= 0.6 is 0 Å². The second kappa shape index (κ2) is 2.98. The zero-order chi connectivity index (χ0) is 10.3. The fourth-order valence-electron chi connectivity index (χ4n) is 2.01. The van der Waals surface area contributed by atoms with Crippen molar-refractivity contribution in [3.05, 3.63) is 54.4 Å². The summed E-state index contributed by atoms with van der Waals surface area (Å²) in [6.45, 7) is 0. The van der Waals surface area contributed by atoms with Gasteiger partial charge in [0.05, 0.1) is 0 Å². The quantitative estimate of drug-likeness (QED) is 0.747. The fourth-order valence-corrected chi connectivity index (χ4v) is 2.01. The molecule has 1 atom stereocenters. The number of rotatable bonds is 1. The molecule has 0 spiro atoms. The van der Waals surface area contributed by atoms with E-state index in [4.69, 9.17) is 0 Å². The second-order valence-corrected chi connectivity index (χ2v) is 3.61. The number of nitrogens with one attached hydrogen (secondary N) is 1. The average molecular weight is 198 g/mol. The van der Waals surface area contributed by atoms with Gasteiger partial charge in [0, 0.05) is 23.6 Å². The van der Waals surface area contributed by atoms with E-state index in [9.17, 15) is 4.79 Å². The molecule has 1 N–H and O–H groups in total. The highest BCUT2D eigenvalue weighted by Crippen LogP contribution is 2.32. The van der Waals surface area contributed by atoms with Crippen molar-refractivity contribution in [1.82, 2.24) is 4.57 Å². The van der Waals surface area contributed by atoms with Gasteiger partial charge < -0.3 is 9.88 Å². The highest BCUT2D eigenvalue weighted by atomic mass is 16.2. The Kier molecular flexibility index (Phi) is 1.65. The Labute approximate surface area is 87.3 Å². The predicted octanol–water partition coefficient (Wildman–Crippen LogP) is 2.03. The Balaban J connectivity index is 2.14. The first-order valence-corrected chi connectivity index (χ1v) is 4.88. The number of benzene rings is 1. The molecule has 15 heavy (non-hydrogen) atoms. The zero-order valence-corrected chi connectivity index (χ0v) is 8.05. The molecule has 1 aliphatic heterocycles. The summed E-state index contributed by atoms with van der Waals surface area (Å²) in [7, 11) is 0. The number of aromatic nitrogens is 1. The van der Waals surface area contributed by atoms with Gasteiger partial charge in [-0.2, -0.15) is 0 Å². The lowest BCUT2D eigenvalue weighted by Gasteiger charge is -2.10. The maximum absolute atomic E-state index is 11.8. The first-order chi connectivity index (χ1) is 7.36. The number of anilines is 1. The highest BCUT2D eigenvalue weighted by Gasteiger charge is 2.30. The standard InChI is InChI=1S/C12H10N2O/c15-12-11(14-7-3-4-8-14)9-5-1-2-6-10(9)13-12/h1-8,11H,(H,13,15). The van der Waals surface area contributed by atoms with Crippen LogP contribution in [0, 0.1) is 0 Å². The summed E-state index contributed by atoms with van der Waals surface area (Å²) in [6, 6.07) is 11.4. The molecule has 0 aliphatic carbocycles. The summed E-state index contributed by atoms with van der Waals surface area (Å²) in [4.78, 5) is 11.8. The normalized spacial score (nSPS) is 18.7. The summed E-state index contributed by atoms with van der Waals surface area (Å²) in [5.74, 6) is 0.0346. The van der Waals surface area contributed by atoms with Crippen molar-refractivity contribution < 1.29 is 4.79 Å². The number of carbonyl (C=O) groups excluding carboxylic acids is 1. The third-order valence-corrected chi connectivity index (χ3v) is 2.69. The van der Waals surface area contributed by atoms with E-state index in [1.54, 1.807) is 0 Å². The maximum atomic E-state index is 11.8. The molecule has 0 saturated heterocycles. The largest absolute Gasteiger partial charge is 0.338 e. The van der Waals surface area contributed by atoms with E-state index in [2.05, 4.69) is 5.32 Å². The molecule has 0 radical (unpaired) electrons. The van der Waals surface area contributed by atoms with E-state index in [1.807, 2.05) is 53.4 Å². The van der Waals surface area contributed by atoms with Crippen molar-refractivity contribution in [2.24, 2.45) is 0 Å². The van der Waals surface area contributed by atoms with Crippen molar-refractivity contribution in [3.8, 4) is 0 Å². The van der Waals surface area contributed by atoms with Crippen LogP contribution in [0.4, 0.5) is 5.69 Å². The molecule has 1 aromatic carbocycles. The Bertz CT molecular complexity index is 502. The second-order valence-electron chi connectivity index (χ2n) is 3.61. The maximum Gasteiger partial charge on any atom is 0.252 e. The van der Waals surface area contributed by atoms with Crippen LogP contribution in [0.5, 0.6) is 0 Å². The van der Waals surface area contributed by atoms with Crippen LogP contribution < -0.4 is 5.32 Å². The highest BCUT2D eigenvalue weighted by molar-refractivity contribution is 6.02. The molecule has 1 aromatic heterocycles. The lowest BCUT2D eigenvalue weighted by Crippen LogP contribution is -2.18. The number of hydrogen-bond donors (Lipinski definition) is 1. The van der Waals surface area contributed by atoms with E-state index in [0.717, 1.165) is 11.3 Å². The Morgan fingerprint density at radius 1 is 1.07 bits per heavy atom. The van der Waals surface area contributed by atoms with Gasteiger partial charge in [0.25, 0.3) is 5.91 Å². The van der Waals surface area contributed by atoms with E-state index in [0.29, 0.717) is 0 Å². The molecule has 3 rings (SSSR count). The number of hydrogen-bond acceptors (Lipinski definition) is 1. The van der Waals surface area contributed by atoms with Gasteiger partial charge in [0.2, 0.25) is 0 Å². The lowest BCUT2D eigenvalue weighted by molar-refractivity contribution is -0.117. The summed E-state index contributed by atoms with van der Waals surface area (Å²) in [5.41, 5.74) is 1.96. The number of amides is 1. The summed E-state index contributed by atoms with van der Waals surface area (Å²) < 4.78 is 1.92. The third kappa shape index (κ3) is 1.16. The van der Waals surface area contributed by atoms with E-state index in [1.165, 1.54) is 0 Å². The Hall–Kier alpha value is -2.03. The number of nitrogens with zero attached hydrogens (tertiary/aromatic N) is 1. The molecule has 0 bridgehead atoms. The van der Waals surface area contributed by atoms with Gasteiger partial charge in [0.15, 0.2) is 0 Å². The SMILES string of the molecule is O=C1Nc2ccccc2C1n1cccc1. The summed E-state index contributed by atoms with van der Waals surface area (Å²) in [6.07, 6.45) is 3.82. The Morgan fingerprint density at radius 3 is 2.60 bits per heavy atom. The molecule has 1 aliphatic rings. The minimum atomic E-state index is -0.212. The molecule has 74 valence electrons. The molecule has 0 fully saturated rings. The van der Waals surface area contributed by atoms with Crippen LogP contribution in [0.1, 0.15) is 11.6 Å². The van der Waals surface area contributed by atoms with Gasteiger partial charge in [-0.3, -0.25) is 4.79 Å². The molecule has 2 heterocycles. The van der Waals surface area contributed by atoms with Crippen LogP contribution in [-0.4, -0.2) is 10.5 Å². The van der Waals surface area contributed by atoms with Crippen molar-refractivity contribution in [1.29, 1.82) is 0 Å². The molecule has 3 nitrogen and oxygen atoms in total. The van der Waals surface area contributed by atoms with E-state index in [-0.39, 0.29) is 11.9 Å². The molecule has 0 saturated carbocycles. The molecule has 3 heteroatoms. The van der Waals surface area contributed by atoms with Crippen LogP contribution in [0.25, 0.3) is 0 Å². The van der Waals surface area contributed by atoms with Crippen molar-refractivity contribution >= 4 is 11.6 Å². The van der Waals surface area contributed by atoms with E-state index < -0.39 is 0 Å². The van der Waals surface area contributed by atoms with Gasteiger partial charge in [0.1, 0.15) is 6.04 Å². The first kappa shape index (κ1) is 8.29. The minimum absolute atomic E-state index is 0.0346. The van der Waals surface area contributed by atoms with Crippen LogP contribution in [0.2, 0.25) is 0 Å².